The third-order valence-corrected chi connectivity index (χ3v) is 7.52. The maximum Gasteiger partial charge on any atom is 0.318 e. The van der Waals surface area contributed by atoms with Crippen LogP contribution in [-0.4, -0.2) is 40.6 Å². The van der Waals surface area contributed by atoms with Gasteiger partial charge in [0.2, 0.25) is 0 Å². The second-order valence-corrected chi connectivity index (χ2v) is 10.5. The van der Waals surface area contributed by atoms with Gasteiger partial charge >= 0.3 is 6.03 Å². The summed E-state index contributed by atoms with van der Waals surface area (Å²) in [6.07, 6.45) is 7.31. The number of aliphatic imine (C=N–C) groups is 1. The highest BCUT2D eigenvalue weighted by Crippen LogP contribution is 2.34. The summed E-state index contributed by atoms with van der Waals surface area (Å²) in [7, 11) is 1.57. The van der Waals surface area contributed by atoms with Crippen molar-refractivity contribution in [1.29, 1.82) is 0 Å². The monoisotopic (exact) mass is 562 g/mol. The van der Waals surface area contributed by atoms with Gasteiger partial charge in [-0.2, -0.15) is 5.10 Å². The minimum Gasteiger partial charge on any atom is -0.383 e. The normalized spacial score (nSPS) is 17.6. The Morgan fingerprint density at radius 2 is 1.93 bits per heavy atom. The highest BCUT2D eigenvalue weighted by molar-refractivity contribution is 6.33. The molecule has 9 nitrogen and oxygen atoms in total. The molecule has 4 aromatic rings. The molecule has 2 heterocycles. The minimum atomic E-state index is -0.454. The molecule has 5 rings (SSSR count). The van der Waals surface area contributed by atoms with Crippen LogP contribution in [0.3, 0.4) is 0 Å². The standard InChI is InChI=1S/C29H32ClFN8O/c1-16-11-21(37-29(40)34-2)8-9-22(16)17-12-26-27(36-20-6-4-19(32)5-7-20)23(14-35-39(26)15-17)28(33)38-25-13-18(31)3-10-24(25)30/h3,8-15,19-20,36H,4-7,32H2,1-2H3,(H2,33,38)(H2,34,37,40). The zero-order valence-electron chi connectivity index (χ0n) is 22.3. The summed E-state index contributed by atoms with van der Waals surface area (Å²) >= 11 is 6.26. The number of amidine groups is 1. The van der Waals surface area contributed by atoms with E-state index in [9.17, 15) is 9.18 Å². The number of aryl methyl sites for hydroxylation is 1. The third-order valence-electron chi connectivity index (χ3n) is 7.20. The number of fused-ring (bicyclic) bond motifs is 1. The number of nitrogens with two attached hydrogens (primary N) is 2. The molecule has 2 amide bonds. The van der Waals surface area contributed by atoms with E-state index < -0.39 is 5.82 Å². The van der Waals surface area contributed by atoms with Crippen molar-refractivity contribution in [3.63, 3.8) is 0 Å². The molecule has 208 valence electrons. The largest absolute Gasteiger partial charge is 0.383 e. The predicted octanol–water partition coefficient (Wildman–Crippen LogP) is 5.57. The number of aromatic nitrogens is 2. The molecule has 0 saturated heterocycles. The molecule has 2 aromatic heterocycles. The van der Waals surface area contributed by atoms with Crippen LogP contribution in [0.25, 0.3) is 16.6 Å². The number of nitrogens with zero attached hydrogens (tertiary/aromatic N) is 3. The van der Waals surface area contributed by atoms with Crippen molar-refractivity contribution in [2.45, 2.75) is 44.7 Å². The summed E-state index contributed by atoms with van der Waals surface area (Å²) in [6.45, 7) is 1.99. The molecule has 1 saturated carbocycles. The summed E-state index contributed by atoms with van der Waals surface area (Å²) in [5, 5.41) is 13.9. The highest BCUT2D eigenvalue weighted by Gasteiger charge is 2.22. The van der Waals surface area contributed by atoms with Crippen LogP contribution in [0.2, 0.25) is 5.02 Å². The van der Waals surface area contributed by atoms with Crippen LogP contribution in [0, 0.1) is 12.7 Å². The first kappa shape index (κ1) is 27.4. The Bertz CT molecular complexity index is 1590. The first-order valence-corrected chi connectivity index (χ1v) is 13.5. The minimum absolute atomic E-state index is 0.168. The van der Waals surface area contributed by atoms with Crippen LogP contribution in [0.5, 0.6) is 0 Å². The van der Waals surface area contributed by atoms with Crippen molar-refractivity contribution in [2.75, 3.05) is 17.7 Å². The van der Waals surface area contributed by atoms with Crippen molar-refractivity contribution >= 4 is 46.0 Å². The van der Waals surface area contributed by atoms with E-state index in [1.807, 2.05) is 37.4 Å². The van der Waals surface area contributed by atoms with E-state index in [0.29, 0.717) is 16.3 Å². The van der Waals surface area contributed by atoms with Gasteiger partial charge in [0.05, 0.1) is 33.7 Å². The maximum atomic E-state index is 13.9. The van der Waals surface area contributed by atoms with Gasteiger partial charge in [-0.25, -0.2) is 18.7 Å². The number of anilines is 2. The smallest absolute Gasteiger partial charge is 0.318 e. The van der Waals surface area contributed by atoms with Crippen LogP contribution in [0.1, 0.15) is 36.8 Å². The predicted molar refractivity (Wildman–Crippen MR) is 159 cm³/mol. The van der Waals surface area contributed by atoms with E-state index >= 15 is 0 Å². The van der Waals surface area contributed by atoms with Crippen molar-refractivity contribution in [3.05, 3.63) is 76.8 Å². The number of amides is 2. The lowest BCUT2D eigenvalue weighted by atomic mass is 9.91. The topological polar surface area (TPSA) is 135 Å². The fourth-order valence-corrected chi connectivity index (χ4v) is 5.20. The zero-order chi connectivity index (χ0) is 28.4. The Balaban J connectivity index is 1.58. The zero-order valence-corrected chi connectivity index (χ0v) is 23.1. The lowest BCUT2D eigenvalue weighted by Crippen LogP contribution is -2.33. The molecule has 0 spiro atoms. The first-order valence-electron chi connectivity index (χ1n) is 13.1. The number of carbonyl (C=O) groups is 1. The molecular formula is C29H32ClFN8O. The number of hydrogen-bond donors (Lipinski definition) is 5. The van der Waals surface area contributed by atoms with Crippen molar-refractivity contribution in [1.82, 2.24) is 14.9 Å². The second-order valence-electron chi connectivity index (χ2n) is 10.1. The van der Waals surface area contributed by atoms with E-state index in [-0.39, 0.29) is 29.6 Å². The lowest BCUT2D eigenvalue weighted by Gasteiger charge is -2.28. The molecule has 0 bridgehead atoms. The fraction of sp³-hybridized carbons (Fsp3) is 0.276. The summed E-state index contributed by atoms with van der Waals surface area (Å²) in [5.41, 5.74) is 18.7. The summed E-state index contributed by atoms with van der Waals surface area (Å²) < 4.78 is 15.7. The number of urea groups is 1. The third kappa shape index (κ3) is 5.88. The van der Waals surface area contributed by atoms with Gasteiger partial charge in [-0.15, -0.1) is 0 Å². The lowest BCUT2D eigenvalue weighted by molar-refractivity contribution is 0.254. The Labute approximate surface area is 236 Å². The van der Waals surface area contributed by atoms with Crippen LogP contribution in [0.4, 0.5) is 26.2 Å². The van der Waals surface area contributed by atoms with Gasteiger partial charge in [-0.3, -0.25) is 0 Å². The van der Waals surface area contributed by atoms with Crippen LogP contribution >= 0.6 is 11.6 Å². The number of nitrogens with one attached hydrogen (secondary N) is 3. The molecule has 0 atom stereocenters. The number of benzene rings is 2. The van der Waals surface area contributed by atoms with Gasteiger partial charge in [0, 0.05) is 42.6 Å². The number of carbonyl (C=O) groups excluding carboxylic acids is 1. The van der Waals surface area contributed by atoms with E-state index in [1.54, 1.807) is 17.8 Å². The van der Waals surface area contributed by atoms with Gasteiger partial charge in [0.15, 0.2) is 0 Å². The Morgan fingerprint density at radius 1 is 1.15 bits per heavy atom. The average molecular weight is 563 g/mol. The van der Waals surface area contributed by atoms with E-state index in [2.05, 4.69) is 26.0 Å². The summed E-state index contributed by atoms with van der Waals surface area (Å²) in [6, 6.07) is 11.9. The van der Waals surface area contributed by atoms with Crippen LogP contribution < -0.4 is 27.4 Å². The fourth-order valence-electron chi connectivity index (χ4n) is 5.04. The van der Waals surface area contributed by atoms with Crippen LogP contribution in [-0.2, 0) is 0 Å². The highest BCUT2D eigenvalue weighted by atomic mass is 35.5. The van der Waals surface area contributed by atoms with Crippen molar-refractivity contribution < 1.29 is 9.18 Å². The molecular weight excluding hydrogens is 531 g/mol. The number of rotatable bonds is 6. The molecule has 0 unspecified atom stereocenters. The summed E-state index contributed by atoms with van der Waals surface area (Å²) in [5.74, 6) is -0.286. The number of hydrogen-bond acceptors (Lipinski definition) is 5. The molecule has 40 heavy (non-hydrogen) atoms. The SMILES string of the molecule is CNC(=O)Nc1ccc(-c2cc3c(NC4CCC(N)CC4)c(C(N)=Nc4cc(F)ccc4Cl)cnn3c2)c(C)c1. The van der Waals surface area contributed by atoms with Crippen molar-refractivity contribution in [2.24, 2.45) is 16.5 Å². The van der Waals surface area contributed by atoms with Gasteiger partial charge < -0.3 is 27.4 Å². The Hall–Kier alpha value is -4.15. The number of halogens is 2. The van der Waals surface area contributed by atoms with E-state index in [1.165, 1.54) is 18.2 Å². The molecule has 7 N–H and O–H groups in total. The Kier molecular flexibility index (Phi) is 7.90. The van der Waals surface area contributed by atoms with Crippen LogP contribution in [0.15, 0.2) is 59.9 Å². The van der Waals surface area contributed by atoms with E-state index in [4.69, 9.17) is 23.1 Å². The molecule has 1 aliphatic carbocycles. The molecule has 2 aromatic carbocycles. The van der Waals surface area contributed by atoms with E-state index in [0.717, 1.165) is 53.6 Å². The molecule has 0 aliphatic heterocycles. The maximum absolute atomic E-state index is 13.9. The summed E-state index contributed by atoms with van der Waals surface area (Å²) in [4.78, 5) is 16.2. The van der Waals surface area contributed by atoms with Crippen molar-refractivity contribution in [3.8, 4) is 11.1 Å². The quantitative estimate of drug-likeness (QED) is 0.155. The molecule has 11 heteroatoms. The van der Waals surface area contributed by atoms with Gasteiger partial charge in [0.25, 0.3) is 0 Å². The van der Waals surface area contributed by atoms with Gasteiger partial charge in [0.1, 0.15) is 11.7 Å². The molecule has 1 aliphatic rings. The van der Waals surface area contributed by atoms with Gasteiger partial charge in [-0.05, 0) is 74.1 Å². The Morgan fingerprint density at radius 3 is 2.65 bits per heavy atom. The first-order chi connectivity index (χ1) is 19.2. The molecule has 1 fully saturated rings. The second kappa shape index (κ2) is 11.5. The van der Waals surface area contributed by atoms with Gasteiger partial charge in [-0.1, -0.05) is 17.7 Å². The molecule has 0 radical (unpaired) electrons. The average Bonchev–Trinajstić information content (AvgIpc) is 3.36.